The van der Waals surface area contributed by atoms with Crippen molar-refractivity contribution in [1.82, 2.24) is 10.6 Å². The molecule has 0 fully saturated rings. The van der Waals surface area contributed by atoms with Crippen LogP contribution in [0.15, 0.2) is 0 Å². The van der Waals surface area contributed by atoms with Crippen LogP contribution in [0.5, 0.6) is 0 Å². The van der Waals surface area contributed by atoms with Crippen LogP contribution in [0.4, 0.5) is 0 Å². The fourth-order valence-corrected chi connectivity index (χ4v) is 0.728. The van der Waals surface area contributed by atoms with E-state index in [1.807, 2.05) is 0 Å². The van der Waals surface area contributed by atoms with Crippen LogP contribution in [0.1, 0.15) is 6.92 Å². The van der Waals surface area contributed by atoms with Crippen molar-refractivity contribution in [3.05, 3.63) is 0 Å². The van der Waals surface area contributed by atoms with Crippen molar-refractivity contribution in [2.75, 3.05) is 12.3 Å². The second-order valence-electron chi connectivity index (χ2n) is 2.33. The Labute approximate surface area is 81.7 Å². The van der Waals surface area contributed by atoms with Gasteiger partial charge in [0.05, 0.1) is 6.54 Å². The van der Waals surface area contributed by atoms with Crippen molar-refractivity contribution in [3.8, 4) is 0 Å². The second kappa shape index (κ2) is 6.47. The van der Waals surface area contributed by atoms with Gasteiger partial charge in [0.25, 0.3) is 0 Å². The number of carbonyl (C=O) groups is 2. The van der Waals surface area contributed by atoms with Crippen molar-refractivity contribution in [3.63, 3.8) is 0 Å². The lowest BCUT2D eigenvalue weighted by Gasteiger charge is -2.08. The van der Waals surface area contributed by atoms with Gasteiger partial charge in [-0.05, 0) is 0 Å². The van der Waals surface area contributed by atoms with E-state index in [1.165, 1.54) is 6.92 Å². The molecular weight excluding hydrogens is 192 g/mol. The zero-order chi connectivity index (χ0) is 10.3. The van der Waals surface area contributed by atoms with E-state index in [9.17, 15) is 14.4 Å². The van der Waals surface area contributed by atoms with E-state index >= 15 is 0 Å². The molecule has 13 heavy (non-hydrogen) atoms. The molecule has 0 saturated carbocycles. The highest BCUT2D eigenvalue weighted by Crippen LogP contribution is 1.82. The number of hydrogen-bond acceptors (Lipinski definition) is 4. The first-order valence-electron chi connectivity index (χ1n) is 3.62. The van der Waals surface area contributed by atoms with Gasteiger partial charge in [0.2, 0.25) is 18.1 Å². The highest BCUT2D eigenvalue weighted by atomic mass is 32.1. The molecule has 0 bridgehead atoms. The third-order valence-corrected chi connectivity index (χ3v) is 1.52. The van der Waals surface area contributed by atoms with Crippen LogP contribution in [0.25, 0.3) is 0 Å². The van der Waals surface area contributed by atoms with E-state index in [2.05, 4.69) is 23.3 Å². The molecule has 1 atom stereocenters. The summed E-state index contributed by atoms with van der Waals surface area (Å²) in [6, 6.07) is -0.718. The maximum absolute atomic E-state index is 10.9. The Morgan fingerprint density at radius 2 is 2.15 bits per heavy atom. The molecular formula is C7H11N2O3S. The molecule has 1 unspecified atom stereocenters. The lowest BCUT2D eigenvalue weighted by Crippen LogP contribution is -2.43. The smallest absolute Gasteiger partial charge is 0.240 e. The maximum atomic E-state index is 10.9. The minimum atomic E-state index is -0.718. The molecule has 5 nitrogen and oxygen atoms in total. The monoisotopic (exact) mass is 203 g/mol. The Morgan fingerprint density at radius 1 is 1.54 bits per heavy atom. The number of nitrogens with one attached hydrogen (secondary N) is 2. The van der Waals surface area contributed by atoms with Crippen molar-refractivity contribution in [2.24, 2.45) is 0 Å². The molecule has 0 aromatic carbocycles. The van der Waals surface area contributed by atoms with Gasteiger partial charge in [-0.3, -0.25) is 14.4 Å². The van der Waals surface area contributed by atoms with Crippen molar-refractivity contribution in [2.45, 2.75) is 13.0 Å². The topological polar surface area (TPSA) is 75.3 Å². The average molecular weight is 203 g/mol. The van der Waals surface area contributed by atoms with Crippen LogP contribution in [0.3, 0.4) is 0 Å². The molecule has 0 spiro atoms. The third kappa shape index (κ3) is 6.15. The van der Waals surface area contributed by atoms with Crippen molar-refractivity contribution >= 4 is 30.7 Å². The van der Waals surface area contributed by atoms with Gasteiger partial charge < -0.3 is 10.6 Å². The highest BCUT2D eigenvalue weighted by molar-refractivity contribution is 7.80. The molecule has 2 amide bonds. The fourth-order valence-electron chi connectivity index (χ4n) is 0.562. The Hall–Kier alpha value is -1.04. The zero-order valence-electron chi connectivity index (χ0n) is 7.16. The average Bonchev–Trinajstić information content (AvgIpc) is 2.10. The summed E-state index contributed by atoms with van der Waals surface area (Å²) in [5.41, 5.74) is 0. The lowest BCUT2D eigenvalue weighted by molar-refractivity contribution is -0.125. The molecule has 1 radical (unpaired) electrons. The summed E-state index contributed by atoms with van der Waals surface area (Å²) < 4.78 is 0. The van der Waals surface area contributed by atoms with E-state index in [1.54, 1.807) is 6.29 Å². The maximum Gasteiger partial charge on any atom is 0.240 e. The normalized spacial score (nSPS) is 11.5. The predicted octanol–water partition coefficient (Wildman–Crippen LogP) is -1.35. The van der Waals surface area contributed by atoms with Crippen LogP contribution in [-0.2, 0) is 14.4 Å². The largest absolute Gasteiger partial charge is 0.347 e. The molecule has 0 aliphatic heterocycles. The molecule has 73 valence electrons. The van der Waals surface area contributed by atoms with Crippen LogP contribution in [0, 0.1) is 0 Å². The second-order valence-corrected chi connectivity index (χ2v) is 2.70. The minimum Gasteiger partial charge on any atom is -0.347 e. The first kappa shape index (κ1) is 12.0. The van der Waals surface area contributed by atoms with Crippen LogP contribution >= 0.6 is 12.6 Å². The molecule has 2 N–H and O–H groups in total. The molecule has 0 saturated heterocycles. The summed E-state index contributed by atoms with van der Waals surface area (Å²) in [4.78, 5) is 31.5. The predicted molar refractivity (Wildman–Crippen MR) is 50.2 cm³/mol. The van der Waals surface area contributed by atoms with E-state index in [0.717, 1.165) is 0 Å². The summed E-state index contributed by atoms with van der Waals surface area (Å²) >= 11 is 3.81. The van der Waals surface area contributed by atoms with Gasteiger partial charge in [0.1, 0.15) is 6.04 Å². The third-order valence-electron chi connectivity index (χ3n) is 1.16. The van der Waals surface area contributed by atoms with Gasteiger partial charge >= 0.3 is 0 Å². The highest BCUT2D eigenvalue weighted by Gasteiger charge is 2.09. The molecule has 0 aliphatic rings. The number of rotatable bonds is 5. The molecule has 0 aromatic rings. The Bertz CT molecular complexity index is 208. The number of carbonyl (C=O) groups excluding carboxylic acids is 3. The Balaban J connectivity index is 3.72. The van der Waals surface area contributed by atoms with Crippen LogP contribution in [-0.4, -0.2) is 36.4 Å². The van der Waals surface area contributed by atoms with Crippen LogP contribution < -0.4 is 10.6 Å². The van der Waals surface area contributed by atoms with Crippen molar-refractivity contribution in [1.29, 1.82) is 0 Å². The van der Waals surface area contributed by atoms with Gasteiger partial charge in [0, 0.05) is 12.7 Å². The summed E-state index contributed by atoms with van der Waals surface area (Å²) in [7, 11) is 0. The Morgan fingerprint density at radius 3 is 2.54 bits per heavy atom. The number of amides is 2. The number of thiol groups is 1. The van der Waals surface area contributed by atoms with Gasteiger partial charge in [-0.15, -0.1) is 0 Å². The molecule has 0 heterocycles. The summed E-state index contributed by atoms with van der Waals surface area (Å²) in [6.45, 7) is 1.16. The van der Waals surface area contributed by atoms with Gasteiger partial charge in [-0.25, -0.2) is 0 Å². The summed E-state index contributed by atoms with van der Waals surface area (Å²) in [5.74, 6) is -0.541. The molecule has 0 rings (SSSR count). The Kier molecular flexibility index (Phi) is 5.96. The van der Waals surface area contributed by atoms with E-state index in [-0.39, 0.29) is 18.2 Å². The zero-order valence-corrected chi connectivity index (χ0v) is 8.06. The first-order chi connectivity index (χ1) is 6.10. The summed E-state index contributed by atoms with van der Waals surface area (Å²) in [5, 5.41) is 4.61. The lowest BCUT2D eigenvalue weighted by atomic mass is 10.3. The minimum absolute atomic E-state index is 0.138. The first-order valence-corrected chi connectivity index (χ1v) is 4.25. The summed E-state index contributed by atoms with van der Waals surface area (Å²) in [6.07, 6.45) is 1.60. The van der Waals surface area contributed by atoms with Gasteiger partial charge in [0.15, 0.2) is 0 Å². The molecule has 6 heteroatoms. The van der Waals surface area contributed by atoms with Gasteiger partial charge in [-0.1, -0.05) is 0 Å². The van der Waals surface area contributed by atoms with Crippen LogP contribution in [0.2, 0.25) is 0 Å². The van der Waals surface area contributed by atoms with E-state index in [4.69, 9.17) is 0 Å². The molecule has 0 aliphatic carbocycles. The fraction of sp³-hybridized carbons (Fsp3) is 0.571. The molecule has 0 aromatic heterocycles. The van der Waals surface area contributed by atoms with Crippen molar-refractivity contribution < 1.29 is 14.4 Å². The standard InChI is InChI=1S/C7H11N2O3S/c1-5(11)8-2-7(12)9-6(3-10)4-13/h6,13H,2,4H2,1H3,(H,8,11)(H,9,12). The quantitative estimate of drug-likeness (QED) is 0.483. The van der Waals surface area contributed by atoms with E-state index in [0.29, 0.717) is 0 Å². The SMILES string of the molecule is CC(=O)NCC(=O)NC([C]=O)CS. The number of hydrogen-bond donors (Lipinski definition) is 3. The van der Waals surface area contributed by atoms with E-state index < -0.39 is 11.9 Å². The van der Waals surface area contributed by atoms with Gasteiger partial charge in [-0.2, -0.15) is 12.6 Å².